The first-order chi connectivity index (χ1) is 15.2. The zero-order valence-corrected chi connectivity index (χ0v) is 19.3. The van der Waals surface area contributed by atoms with Crippen LogP contribution in [0.2, 0.25) is 0 Å². The second-order valence-corrected chi connectivity index (χ2v) is 9.30. The Morgan fingerprint density at radius 1 is 1.09 bits per heavy atom. The van der Waals surface area contributed by atoms with Crippen molar-refractivity contribution in [3.63, 3.8) is 0 Å². The predicted molar refractivity (Wildman–Crippen MR) is 125 cm³/mol. The Hall–Kier alpha value is -0.754. The molecule has 1 heterocycles. The molecule has 0 aliphatic carbocycles. The minimum absolute atomic E-state index is 0. The third kappa shape index (κ3) is 6.90. The van der Waals surface area contributed by atoms with Crippen LogP contribution in [0.3, 0.4) is 0 Å². The Kier molecular flexibility index (Phi) is 10.6. The normalized spacial score (nSPS) is 20.0. The summed E-state index contributed by atoms with van der Waals surface area (Å²) in [6.45, 7) is -0.543. The van der Waals surface area contributed by atoms with E-state index in [0.29, 0.717) is 22.6 Å². The van der Waals surface area contributed by atoms with Crippen LogP contribution in [-0.2, 0) is 14.3 Å². The predicted octanol–water partition coefficient (Wildman–Crippen LogP) is 4.09. The average Bonchev–Trinajstić information content (AvgIpc) is 3.18. The minimum atomic E-state index is -1.85. The van der Waals surface area contributed by atoms with Gasteiger partial charge in [-0.1, -0.05) is 65.1 Å². The van der Waals surface area contributed by atoms with Crippen LogP contribution >= 0.6 is 34.8 Å². The van der Waals surface area contributed by atoms with Gasteiger partial charge in [0.05, 0.1) is 14.2 Å². The van der Waals surface area contributed by atoms with Crippen molar-refractivity contribution in [3.05, 3.63) is 59.7 Å². The Bertz CT molecular complexity index is 974. The summed E-state index contributed by atoms with van der Waals surface area (Å²) in [5.41, 5.74) is 0.921. The number of nitrogens with zero attached hydrogens (tertiary/aromatic N) is 1. The number of ether oxygens (including phenoxy) is 4. The molecule has 0 radical (unpaired) electrons. The van der Waals surface area contributed by atoms with Gasteiger partial charge in [-0.15, -0.1) is 0 Å². The molecule has 0 spiro atoms. The summed E-state index contributed by atoms with van der Waals surface area (Å²) in [6.07, 6.45) is -3.48. The van der Waals surface area contributed by atoms with E-state index < -0.39 is 40.8 Å². The number of rotatable bonds is 6. The van der Waals surface area contributed by atoms with Crippen LogP contribution in [0.15, 0.2) is 48.5 Å². The van der Waals surface area contributed by atoms with Crippen LogP contribution in [0.5, 0.6) is 11.5 Å². The van der Waals surface area contributed by atoms with Crippen molar-refractivity contribution in [2.45, 2.75) is 22.2 Å². The van der Waals surface area contributed by atoms with Crippen LogP contribution in [0.4, 0.5) is 4.79 Å². The van der Waals surface area contributed by atoms with E-state index >= 15 is 0 Å². The molecule has 1 fully saturated rings. The van der Waals surface area contributed by atoms with Gasteiger partial charge in [-0.05, 0) is 17.7 Å². The number of carbonyl (C=O) groups is 2. The molecular formula is C21H21Cl3KNO7. The van der Waals surface area contributed by atoms with Crippen molar-refractivity contribution in [1.82, 2.24) is 4.90 Å². The van der Waals surface area contributed by atoms with Gasteiger partial charge in [-0.2, -0.15) is 0 Å². The van der Waals surface area contributed by atoms with Crippen LogP contribution in [0.25, 0.3) is 0 Å². The summed E-state index contributed by atoms with van der Waals surface area (Å²) in [4.78, 5) is 26.4. The van der Waals surface area contributed by atoms with E-state index in [4.69, 9.17) is 53.8 Å². The molecule has 1 aliphatic rings. The third-order valence-corrected chi connectivity index (χ3v) is 5.10. The fraction of sp³-hybridized carbons (Fsp3) is 0.333. The molecule has 12 heteroatoms. The third-order valence-electron chi connectivity index (χ3n) is 4.78. The molecule has 1 saturated heterocycles. The summed E-state index contributed by atoms with van der Waals surface area (Å²) in [7, 11) is 2.93. The summed E-state index contributed by atoms with van der Waals surface area (Å²) in [6, 6.07) is 12.4. The number of aliphatic carboxylic acids is 1. The molecule has 0 bridgehead atoms. The topological polar surface area (TPSA) is 94.5 Å². The Morgan fingerprint density at radius 2 is 1.76 bits per heavy atom. The van der Waals surface area contributed by atoms with E-state index in [1.54, 1.807) is 48.5 Å². The SMILES string of the molecule is COc1ccc(C2O[C@@H](C(=O)O)[C@H](c3ccccc3)N2C(=O)OCC(Cl)(Cl)Cl)c(OC)c1.[KH]. The van der Waals surface area contributed by atoms with Gasteiger partial charge in [-0.3, -0.25) is 4.90 Å². The first-order valence-electron chi connectivity index (χ1n) is 9.33. The van der Waals surface area contributed by atoms with E-state index in [0.717, 1.165) is 4.90 Å². The van der Waals surface area contributed by atoms with Crippen molar-refractivity contribution in [3.8, 4) is 11.5 Å². The molecule has 3 atom stereocenters. The molecule has 0 aromatic heterocycles. The van der Waals surface area contributed by atoms with Gasteiger partial charge in [-0.25, -0.2) is 9.59 Å². The maximum atomic E-state index is 13.1. The fourth-order valence-electron chi connectivity index (χ4n) is 3.42. The second-order valence-electron chi connectivity index (χ2n) is 6.79. The zero-order chi connectivity index (χ0) is 23.5. The first kappa shape index (κ1) is 28.5. The Balaban J connectivity index is 0.00000385. The maximum absolute atomic E-state index is 13.1. The van der Waals surface area contributed by atoms with E-state index in [-0.39, 0.29) is 51.4 Å². The number of benzene rings is 2. The molecular weight excluding hydrogens is 524 g/mol. The molecule has 3 rings (SSSR count). The number of halogens is 3. The quantitative estimate of drug-likeness (QED) is 0.432. The van der Waals surface area contributed by atoms with Gasteiger partial charge in [0.15, 0.2) is 12.3 Å². The van der Waals surface area contributed by atoms with Gasteiger partial charge in [0.1, 0.15) is 24.1 Å². The van der Waals surface area contributed by atoms with Crippen molar-refractivity contribution >= 4 is 98.2 Å². The van der Waals surface area contributed by atoms with Crippen LogP contribution in [0.1, 0.15) is 23.4 Å². The van der Waals surface area contributed by atoms with Crippen molar-refractivity contribution in [2.75, 3.05) is 20.8 Å². The molecule has 174 valence electrons. The van der Waals surface area contributed by atoms with Gasteiger partial charge in [0.2, 0.25) is 3.79 Å². The van der Waals surface area contributed by atoms with Crippen molar-refractivity contribution in [1.29, 1.82) is 0 Å². The Morgan fingerprint density at radius 3 is 2.30 bits per heavy atom. The standard InChI is InChI=1S/C21H20Cl3NO7.K.H/c1-29-13-8-9-14(15(10-13)30-2)18-25(20(28)31-11-21(22,23)24)16(17(32-18)19(26)27)12-6-4-3-5-7-12;;/h3-10,16-18H,11H2,1-2H3,(H,26,27);;/t16-,17+,18?;;/m0../s1. The van der Waals surface area contributed by atoms with Crippen LogP contribution in [0, 0.1) is 0 Å². The van der Waals surface area contributed by atoms with Gasteiger partial charge in [0, 0.05) is 11.6 Å². The number of methoxy groups -OCH3 is 2. The van der Waals surface area contributed by atoms with E-state index in [9.17, 15) is 14.7 Å². The molecule has 1 amide bonds. The fourth-order valence-corrected chi connectivity index (χ4v) is 3.59. The van der Waals surface area contributed by atoms with Crippen LogP contribution < -0.4 is 9.47 Å². The number of alkyl halides is 3. The number of carbonyl (C=O) groups excluding carboxylic acids is 1. The summed E-state index contributed by atoms with van der Waals surface area (Å²) in [5.74, 6) is -0.428. The van der Waals surface area contributed by atoms with E-state index in [2.05, 4.69) is 0 Å². The molecule has 2 aromatic carbocycles. The van der Waals surface area contributed by atoms with Gasteiger partial charge < -0.3 is 24.1 Å². The molecule has 2 aromatic rings. The Labute approximate surface area is 248 Å². The monoisotopic (exact) mass is 543 g/mol. The number of hydrogen-bond donors (Lipinski definition) is 1. The van der Waals surface area contributed by atoms with E-state index in [1.165, 1.54) is 14.2 Å². The zero-order valence-electron chi connectivity index (χ0n) is 17.0. The summed E-state index contributed by atoms with van der Waals surface area (Å²) in [5, 5.41) is 9.86. The summed E-state index contributed by atoms with van der Waals surface area (Å²) >= 11 is 17.2. The number of carboxylic acids is 1. The van der Waals surface area contributed by atoms with Crippen molar-refractivity contribution < 1.29 is 33.6 Å². The van der Waals surface area contributed by atoms with E-state index in [1.807, 2.05) is 0 Å². The molecule has 33 heavy (non-hydrogen) atoms. The van der Waals surface area contributed by atoms with Crippen LogP contribution in [-0.4, -0.2) is 104 Å². The average molecular weight is 545 g/mol. The van der Waals surface area contributed by atoms with Gasteiger partial charge in [0.25, 0.3) is 0 Å². The number of amides is 1. The molecule has 0 saturated carbocycles. The molecule has 1 N–H and O–H groups in total. The number of carboxylic acid groups (broad SMARTS) is 1. The molecule has 1 aliphatic heterocycles. The number of hydrogen-bond acceptors (Lipinski definition) is 6. The second kappa shape index (κ2) is 12.3. The summed E-state index contributed by atoms with van der Waals surface area (Å²) < 4.78 is 19.8. The first-order valence-corrected chi connectivity index (χ1v) is 10.5. The molecule has 1 unspecified atom stereocenters. The van der Waals surface area contributed by atoms with Crippen molar-refractivity contribution in [2.24, 2.45) is 0 Å². The van der Waals surface area contributed by atoms with Gasteiger partial charge >= 0.3 is 63.4 Å². The molecule has 8 nitrogen and oxygen atoms in total.